The predicted octanol–water partition coefficient (Wildman–Crippen LogP) is 0.556. The molecular weight excluding hydrogens is 264 g/mol. The first-order valence-electron chi connectivity index (χ1n) is 5.52. The van der Waals surface area contributed by atoms with Crippen LogP contribution >= 0.6 is 11.8 Å². The molecule has 2 rings (SSSR count). The Hall–Kier alpha value is -2.09. The molecule has 0 aliphatic rings. The molecule has 2 heterocycles. The summed E-state index contributed by atoms with van der Waals surface area (Å²) in [4.78, 5) is 16.4. The summed E-state index contributed by atoms with van der Waals surface area (Å²) in [5, 5.41) is 14.4. The number of aromatic nitrogens is 4. The van der Waals surface area contributed by atoms with Crippen LogP contribution in [0.15, 0.2) is 20.9 Å². The van der Waals surface area contributed by atoms with E-state index < -0.39 is 0 Å². The lowest BCUT2D eigenvalue weighted by atomic mass is 10.1. The van der Waals surface area contributed by atoms with Gasteiger partial charge in [0.25, 0.3) is 0 Å². The number of aromatic amines is 1. The Bertz CT molecular complexity index is 702. The Morgan fingerprint density at radius 1 is 1.53 bits per heavy atom. The largest absolute Gasteiger partial charge is 0.384 e. The maximum atomic E-state index is 11.3. The van der Waals surface area contributed by atoms with Gasteiger partial charge in [-0.25, -0.2) is 9.89 Å². The van der Waals surface area contributed by atoms with Crippen LogP contribution in [0.1, 0.15) is 17.0 Å². The van der Waals surface area contributed by atoms with Gasteiger partial charge >= 0.3 is 5.69 Å². The fraction of sp³-hybridized carbons (Fsp3) is 0.273. The minimum atomic E-state index is -0.283. The van der Waals surface area contributed by atoms with E-state index in [-0.39, 0.29) is 11.5 Å². The standard InChI is InChI=1S/C11H14N6OS/c1-5-4-7(8(9(12)13)6(2)14-5)19-11-16-15-10(18)17(11)3/h4H,1-3H3,(H3,12,13)(H,15,18). The molecule has 8 heteroatoms. The first-order valence-corrected chi connectivity index (χ1v) is 6.33. The van der Waals surface area contributed by atoms with E-state index in [9.17, 15) is 4.79 Å². The van der Waals surface area contributed by atoms with Crippen LogP contribution in [0, 0.1) is 19.3 Å². The van der Waals surface area contributed by atoms with Crippen molar-refractivity contribution in [3.8, 4) is 0 Å². The molecule has 0 saturated heterocycles. The van der Waals surface area contributed by atoms with Crippen molar-refractivity contribution in [1.29, 1.82) is 5.41 Å². The van der Waals surface area contributed by atoms with Gasteiger partial charge in [0.05, 0.1) is 5.56 Å². The molecule has 2 aromatic rings. The minimum absolute atomic E-state index is 0.0481. The average molecular weight is 278 g/mol. The molecule has 0 aliphatic heterocycles. The van der Waals surface area contributed by atoms with Crippen molar-refractivity contribution >= 4 is 17.6 Å². The highest BCUT2D eigenvalue weighted by Crippen LogP contribution is 2.29. The first kappa shape index (κ1) is 13.3. The number of nitrogens with zero attached hydrogens (tertiary/aromatic N) is 3. The molecule has 0 fully saturated rings. The van der Waals surface area contributed by atoms with Crippen LogP contribution in [0.2, 0.25) is 0 Å². The Morgan fingerprint density at radius 2 is 2.21 bits per heavy atom. The minimum Gasteiger partial charge on any atom is -0.384 e. The number of nitrogens with two attached hydrogens (primary N) is 1. The molecule has 0 unspecified atom stereocenters. The molecular formula is C11H14N6OS. The Labute approximate surface area is 113 Å². The number of pyridine rings is 1. The molecule has 2 aromatic heterocycles. The highest BCUT2D eigenvalue weighted by Gasteiger charge is 2.15. The predicted molar refractivity (Wildman–Crippen MR) is 72.7 cm³/mol. The zero-order valence-corrected chi connectivity index (χ0v) is 11.6. The van der Waals surface area contributed by atoms with E-state index in [4.69, 9.17) is 11.1 Å². The van der Waals surface area contributed by atoms with Gasteiger partial charge in [-0.3, -0.25) is 15.0 Å². The van der Waals surface area contributed by atoms with Crippen LogP contribution in [0.25, 0.3) is 0 Å². The summed E-state index contributed by atoms with van der Waals surface area (Å²) < 4.78 is 1.40. The Balaban J connectivity index is 2.53. The van der Waals surface area contributed by atoms with Crippen LogP contribution in [-0.2, 0) is 7.05 Å². The summed E-state index contributed by atoms with van der Waals surface area (Å²) in [6.45, 7) is 3.67. The summed E-state index contributed by atoms with van der Waals surface area (Å²) in [5.41, 5.74) is 7.40. The topological polar surface area (TPSA) is 113 Å². The Kier molecular flexibility index (Phi) is 3.43. The second-order valence-corrected chi connectivity index (χ2v) is 5.12. The molecule has 0 atom stereocenters. The number of hydrogen-bond donors (Lipinski definition) is 3. The van der Waals surface area contributed by atoms with Crippen molar-refractivity contribution in [3.05, 3.63) is 33.5 Å². The third kappa shape index (κ3) is 2.53. The summed E-state index contributed by atoms with van der Waals surface area (Å²) in [6, 6.07) is 1.83. The van der Waals surface area contributed by atoms with Crippen molar-refractivity contribution in [2.45, 2.75) is 23.9 Å². The molecule has 0 amide bonds. The number of amidine groups is 1. The van der Waals surface area contributed by atoms with E-state index in [0.29, 0.717) is 16.4 Å². The van der Waals surface area contributed by atoms with Crippen molar-refractivity contribution in [1.82, 2.24) is 19.7 Å². The fourth-order valence-corrected chi connectivity index (χ4v) is 2.82. The molecule has 4 N–H and O–H groups in total. The number of H-pyrrole nitrogens is 1. The van der Waals surface area contributed by atoms with E-state index >= 15 is 0 Å². The molecule has 0 spiro atoms. The van der Waals surface area contributed by atoms with E-state index in [0.717, 1.165) is 10.6 Å². The number of rotatable bonds is 3. The van der Waals surface area contributed by atoms with Crippen molar-refractivity contribution in [2.24, 2.45) is 12.8 Å². The van der Waals surface area contributed by atoms with Gasteiger partial charge in [-0.05, 0) is 31.7 Å². The third-order valence-corrected chi connectivity index (χ3v) is 3.69. The van der Waals surface area contributed by atoms with Gasteiger partial charge in [0.15, 0.2) is 5.16 Å². The van der Waals surface area contributed by atoms with Gasteiger partial charge in [-0.1, -0.05) is 0 Å². The number of nitrogens with one attached hydrogen (secondary N) is 2. The smallest absolute Gasteiger partial charge is 0.343 e. The quantitative estimate of drug-likeness (QED) is 0.560. The molecule has 7 nitrogen and oxygen atoms in total. The number of hydrogen-bond acceptors (Lipinski definition) is 5. The van der Waals surface area contributed by atoms with E-state index in [2.05, 4.69) is 15.2 Å². The van der Waals surface area contributed by atoms with Gasteiger partial charge in [0.1, 0.15) is 5.84 Å². The molecule has 19 heavy (non-hydrogen) atoms. The molecule has 0 bridgehead atoms. The second-order valence-electron chi connectivity index (χ2n) is 4.11. The summed E-state index contributed by atoms with van der Waals surface area (Å²) in [5.74, 6) is -0.0481. The summed E-state index contributed by atoms with van der Waals surface area (Å²) in [7, 11) is 1.63. The highest BCUT2D eigenvalue weighted by atomic mass is 32.2. The zero-order chi connectivity index (χ0) is 14.2. The number of nitrogen functional groups attached to an aromatic ring is 1. The van der Waals surface area contributed by atoms with Gasteiger partial charge in [-0.15, -0.1) is 5.10 Å². The molecule has 0 saturated carbocycles. The lowest BCUT2D eigenvalue weighted by molar-refractivity contribution is 0.765. The first-order chi connectivity index (χ1) is 8.90. The fourth-order valence-electron chi connectivity index (χ4n) is 1.72. The second kappa shape index (κ2) is 4.88. The van der Waals surface area contributed by atoms with Crippen LogP contribution < -0.4 is 11.4 Å². The normalized spacial score (nSPS) is 10.7. The molecule has 100 valence electrons. The monoisotopic (exact) mass is 278 g/mol. The van der Waals surface area contributed by atoms with Crippen molar-refractivity contribution in [3.63, 3.8) is 0 Å². The van der Waals surface area contributed by atoms with Gasteiger partial charge < -0.3 is 5.73 Å². The molecule has 0 radical (unpaired) electrons. The summed E-state index contributed by atoms with van der Waals surface area (Å²) >= 11 is 1.28. The lowest BCUT2D eigenvalue weighted by Crippen LogP contribution is -2.16. The van der Waals surface area contributed by atoms with Crippen LogP contribution in [0.3, 0.4) is 0 Å². The third-order valence-electron chi connectivity index (χ3n) is 2.60. The maximum Gasteiger partial charge on any atom is 0.343 e. The van der Waals surface area contributed by atoms with Crippen LogP contribution in [0.4, 0.5) is 0 Å². The Morgan fingerprint density at radius 3 is 2.74 bits per heavy atom. The van der Waals surface area contributed by atoms with Crippen molar-refractivity contribution in [2.75, 3.05) is 0 Å². The van der Waals surface area contributed by atoms with Gasteiger partial charge in [0, 0.05) is 23.3 Å². The SMILES string of the molecule is Cc1cc(Sc2n[nH]c(=O)n2C)c(C(=N)N)c(C)n1. The van der Waals surface area contributed by atoms with Gasteiger partial charge in [0.2, 0.25) is 0 Å². The van der Waals surface area contributed by atoms with Crippen LogP contribution in [-0.4, -0.2) is 25.6 Å². The summed E-state index contributed by atoms with van der Waals surface area (Å²) in [6.07, 6.45) is 0. The van der Waals surface area contributed by atoms with Crippen molar-refractivity contribution < 1.29 is 0 Å². The molecule has 0 aromatic carbocycles. The zero-order valence-electron chi connectivity index (χ0n) is 10.8. The van der Waals surface area contributed by atoms with Crippen LogP contribution in [0.5, 0.6) is 0 Å². The van der Waals surface area contributed by atoms with E-state index in [1.54, 1.807) is 14.0 Å². The van der Waals surface area contributed by atoms with E-state index in [1.165, 1.54) is 16.3 Å². The highest BCUT2D eigenvalue weighted by molar-refractivity contribution is 7.99. The average Bonchev–Trinajstić information content (AvgIpc) is 2.59. The van der Waals surface area contributed by atoms with Gasteiger partial charge in [-0.2, -0.15) is 0 Å². The lowest BCUT2D eigenvalue weighted by Gasteiger charge is -2.10. The number of aryl methyl sites for hydroxylation is 2. The molecule has 0 aliphatic carbocycles. The van der Waals surface area contributed by atoms with E-state index in [1.807, 2.05) is 13.0 Å². The maximum absolute atomic E-state index is 11.3.